The molecule has 16 heavy (non-hydrogen) atoms. The second-order valence-electron chi connectivity index (χ2n) is 5.43. The molecule has 0 aromatic carbocycles. The third kappa shape index (κ3) is 3.98. The summed E-state index contributed by atoms with van der Waals surface area (Å²) in [4.78, 5) is 15.9. The van der Waals surface area contributed by atoms with Crippen molar-refractivity contribution in [2.75, 3.05) is 32.4 Å². The maximum absolute atomic E-state index is 11.8. The maximum atomic E-state index is 11.8. The summed E-state index contributed by atoms with van der Waals surface area (Å²) >= 11 is 1.96. The first-order chi connectivity index (χ1) is 7.31. The number of carbonyl (C=O) groups excluding carboxylic acids is 1. The number of nitrogens with zero attached hydrogens (tertiary/aromatic N) is 2. The van der Waals surface area contributed by atoms with Crippen LogP contribution in [-0.4, -0.2) is 58.9 Å². The number of rotatable bonds is 3. The molecule has 1 aliphatic heterocycles. The van der Waals surface area contributed by atoms with Crippen molar-refractivity contribution in [2.24, 2.45) is 0 Å². The van der Waals surface area contributed by atoms with Crippen LogP contribution in [0.5, 0.6) is 0 Å². The Morgan fingerprint density at radius 1 is 1.38 bits per heavy atom. The molecular weight excluding hydrogens is 220 g/mol. The van der Waals surface area contributed by atoms with Gasteiger partial charge in [-0.3, -0.25) is 9.69 Å². The number of likely N-dealkylation sites (N-methyl/N-ethyl adjacent to an activating group) is 1. The highest BCUT2D eigenvalue weighted by Crippen LogP contribution is 2.23. The second-order valence-corrected chi connectivity index (χ2v) is 7.35. The van der Waals surface area contributed by atoms with Gasteiger partial charge >= 0.3 is 0 Å². The topological polar surface area (TPSA) is 23.6 Å². The molecule has 1 saturated heterocycles. The Hall–Kier alpha value is -0.220. The molecule has 1 aliphatic rings. The van der Waals surface area contributed by atoms with Crippen LogP contribution in [0.3, 0.4) is 0 Å². The molecule has 0 aromatic rings. The first-order valence-corrected chi connectivity index (χ1v) is 6.93. The summed E-state index contributed by atoms with van der Waals surface area (Å²) in [6, 6.07) is 0.0549. The van der Waals surface area contributed by atoms with Crippen LogP contribution in [0, 0.1) is 0 Å². The summed E-state index contributed by atoms with van der Waals surface area (Å²) in [6.45, 7) is 11.6. The van der Waals surface area contributed by atoms with Crippen LogP contribution >= 0.6 is 11.8 Å². The maximum Gasteiger partial charge on any atom is 0.239 e. The van der Waals surface area contributed by atoms with Gasteiger partial charge in [-0.05, 0) is 6.92 Å². The smallest absolute Gasteiger partial charge is 0.239 e. The van der Waals surface area contributed by atoms with Crippen molar-refractivity contribution in [3.63, 3.8) is 0 Å². The lowest BCUT2D eigenvalue weighted by Gasteiger charge is -2.37. The van der Waals surface area contributed by atoms with E-state index in [0.717, 1.165) is 25.4 Å². The largest absolute Gasteiger partial charge is 0.343 e. The highest BCUT2D eigenvalue weighted by atomic mass is 32.2. The molecule has 0 N–H and O–H groups in total. The molecule has 1 amide bonds. The van der Waals surface area contributed by atoms with Crippen molar-refractivity contribution in [3.8, 4) is 0 Å². The first-order valence-electron chi connectivity index (χ1n) is 5.94. The van der Waals surface area contributed by atoms with E-state index in [1.807, 2.05) is 30.6 Å². The van der Waals surface area contributed by atoms with Crippen LogP contribution in [0.4, 0.5) is 0 Å². The van der Waals surface area contributed by atoms with Gasteiger partial charge in [0.1, 0.15) is 0 Å². The van der Waals surface area contributed by atoms with Crippen LogP contribution in [0.15, 0.2) is 0 Å². The Morgan fingerprint density at radius 3 is 2.56 bits per heavy atom. The van der Waals surface area contributed by atoms with Crippen LogP contribution in [0.25, 0.3) is 0 Å². The molecule has 0 aromatic heterocycles. The first kappa shape index (κ1) is 13.8. The Kier molecular flexibility index (Phi) is 4.68. The number of piperazine rings is 1. The van der Waals surface area contributed by atoms with Crippen LogP contribution in [0.1, 0.15) is 27.7 Å². The van der Waals surface area contributed by atoms with Crippen LogP contribution in [0.2, 0.25) is 0 Å². The molecule has 0 unspecified atom stereocenters. The van der Waals surface area contributed by atoms with Gasteiger partial charge in [-0.15, -0.1) is 0 Å². The van der Waals surface area contributed by atoms with E-state index in [4.69, 9.17) is 0 Å². The van der Waals surface area contributed by atoms with E-state index in [2.05, 4.69) is 25.7 Å². The Bertz CT molecular complexity index is 250. The van der Waals surface area contributed by atoms with Gasteiger partial charge in [0.05, 0.1) is 6.04 Å². The lowest BCUT2D eigenvalue weighted by atomic mass is 10.2. The molecule has 94 valence electrons. The highest BCUT2D eigenvalue weighted by molar-refractivity contribution is 8.00. The number of carbonyl (C=O) groups is 1. The summed E-state index contributed by atoms with van der Waals surface area (Å²) in [7, 11) is 1.89. The van der Waals surface area contributed by atoms with Crippen LogP contribution in [-0.2, 0) is 4.79 Å². The van der Waals surface area contributed by atoms with E-state index < -0.39 is 0 Å². The number of amides is 1. The number of hydrogen-bond acceptors (Lipinski definition) is 3. The standard InChI is InChI=1S/C12H24N2OS/c1-10-11(15)13(5)6-7-14(10)8-9-16-12(2,3)4/h10H,6-9H2,1-5H3/t10-/m1/s1. The molecule has 0 spiro atoms. The Morgan fingerprint density at radius 2 is 2.00 bits per heavy atom. The molecular formula is C12H24N2OS. The molecule has 3 nitrogen and oxygen atoms in total. The normalized spacial score (nSPS) is 23.9. The fourth-order valence-electron chi connectivity index (χ4n) is 1.83. The number of hydrogen-bond donors (Lipinski definition) is 0. The fourth-order valence-corrected chi connectivity index (χ4v) is 2.77. The lowest BCUT2D eigenvalue weighted by Crippen LogP contribution is -2.54. The van der Waals surface area contributed by atoms with E-state index >= 15 is 0 Å². The molecule has 0 aliphatic carbocycles. The van der Waals surface area contributed by atoms with Crippen molar-refractivity contribution in [3.05, 3.63) is 0 Å². The zero-order valence-corrected chi connectivity index (χ0v) is 11.9. The second kappa shape index (κ2) is 5.41. The van der Waals surface area contributed by atoms with Crippen molar-refractivity contribution in [1.82, 2.24) is 9.80 Å². The minimum absolute atomic E-state index is 0.0549. The fraction of sp³-hybridized carbons (Fsp3) is 0.917. The summed E-state index contributed by atoms with van der Waals surface area (Å²) in [6.07, 6.45) is 0. The van der Waals surface area contributed by atoms with Gasteiger partial charge < -0.3 is 4.90 Å². The van der Waals surface area contributed by atoms with Crippen molar-refractivity contribution in [1.29, 1.82) is 0 Å². The molecule has 1 atom stereocenters. The molecule has 0 saturated carbocycles. The van der Waals surface area contributed by atoms with E-state index in [1.165, 1.54) is 0 Å². The minimum atomic E-state index is 0.0549. The van der Waals surface area contributed by atoms with E-state index in [-0.39, 0.29) is 11.9 Å². The van der Waals surface area contributed by atoms with E-state index in [9.17, 15) is 4.79 Å². The summed E-state index contributed by atoms with van der Waals surface area (Å²) in [5, 5.41) is 0. The number of thioether (sulfide) groups is 1. The Labute approximate surface area is 104 Å². The lowest BCUT2D eigenvalue weighted by molar-refractivity contribution is -0.139. The molecule has 4 heteroatoms. The van der Waals surface area contributed by atoms with E-state index in [1.54, 1.807) is 0 Å². The van der Waals surface area contributed by atoms with Gasteiger partial charge in [-0.2, -0.15) is 11.8 Å². The molecule has 1 rings (SSSR count). The quantitative estimate of drug-likeness (QED) is 0.755. The SMILES string of the molecule is C[C@@H]1C(=O)N(C)CCN1CCSC(C)(C)C. The zero-order valence-electron chi connectivity index (χ0n) is 11.1. The average Bonchev–Trinajstić information content (AvgIpc) is 2.16. The average molecular weight is 244 g/mol. The third-order valence-electron chi connectivity index (χ3n) is 2.92. The van der Waals surface area contributed by atoms with Crippen molar-refractivity contribution in [2.45, 2.75) is 38.5 Å². The van der Waals surface area contributed by atoms with Gasteiger partial charge in [0.15, 0.2) is 0 Å². The van der Waals surface area contributed by atoms with Crippen molar-refractivity contribution < 1.29 is 4.79 Å². The minimum Gasteiger partial charge on any atom is -0.343 e. The van der Waals surface area contributed by atoms with Gasteiger partial charge in [-0.1, -0.05) is 20.8 Å². The zero-order chi connectivity index (χ0) is 12.3. The van der Waals surface area contributed by atoms with Crippen molar-refractivity contribution >= 4 is 17.7 Å². The third-order valence-corrected chi connectivity index (χ3v) is 4.17. The summed E-state index contributed by atoms with van der Waals surface area (Å²) in [5.41, 5.74) is 0. The summed E-state index contributed by atoms with van der Waals surface area (Å²) in [5.74, 6) is 1.36. The monoisotopic (exact) mass is 244 g/mol. The van der Waals surface area contributed by atoms with Gasteiger partial charge in [-0.25, -0.2) is 0 Å². The predicted octanol–water partition coefficient (Wildman–Crippen LogP) is 1.68. The predicted molar refractivity (Wildman–Crippen MR) is 70.9 cm³/mol. The molecule has 0 radical (unpaired) electrons. The molecule has 1 heterocycles. The molecule has 1 fully saturated rings. The highest BCUT2D eigenvalue weighted by Gasteiger charge is 2.28. The van der Waals surface area contributed by atoms with Gasteiger partial charge in [0.2, 0.25) is 5.91 Å². The van der Waals surface area contributed by atoms with E-state index in [0.29, 0.717) is 4.75 Å². The van der Waals surface area contributed by atoms with Crippen LogP contribution < -0.4 is 0 Å². The van der Waals surface area contributed by atoms with Gasteiger partial charge in [0.25, 0.3) is 0 Å². The molecule has 0 bridgehead atoms. The summed E-state index contributed by atoms with van der Waals surface area (Å²) < 4.78 is 0.319. The Balaban J connectivity index is 2.35. The van der Waals surface area contributed by atoms with Gasteiger partial charge in [0, 0.05) is 37.2 Å².